The lowest BCUT2D eigenvalue weighted by molar-refractivity contribution is -0.117. The van der Waals surface area contributed by atoms with Crippen molar-refractivity contribution >= 4 is 5.91 Å². The molecule has 1 amide bonds. The Kier molecular flexibility index (Phi) is 12.5. The fourth-order valence-corrected chi connectivity index (χ4v) is 0.326. The van der Waals surface area contributed by atoms with Crippen LogP contribution in [-0.4, -0.2) is 38.5 Å². The minimum Gasteiger partial charge on any atom is -0.312 e. The van der Waals surface area contributed by atoms with E-state index in [1.54, 1.807) is 0 Å². The number of rotatable bonds is 4. The van der Waals surface area contributed by atoms with Crippen molar-refractivity contribution in [1.29, 1.82) is 0 Å². The second-order valence-corrected chi connectivity index (χ2v) is 2.96. The van der Waals surface area contributed by atoms with Gasteiger partial charge in [-0.2, -0.15) is 0 Å². The van der Waals surface area contributed by atoms with Crippen LogP contribution in [0.1, 0.15) is 13.3 Å². The summed E-state index contributed by atoms with van der Waals surface area (Å²) in [7, 11) is 6.00. The summed E-state index contributed by atoms with van der Waals surface area (Å²) in [6.07, 6.45) is 2.22. The van der Waals surface area contributed by atoms with Crippen LogP contribution in [0.5, 0.6) is 0 Å². The van der Waals surface area contributed by atoms with Crippen LogP contribution in [0.2, 0.25) is 0 Å². The summed E-state index contributed by atoms with van der Waals surface area (Å²) in [5.41, 5.74) is 5.14. The average Bonchev–Trinajstić information content (AvgIpc) is 2.03. The summed E-state index contributed by atoms with van der Waals surface area (Å²) in [6, 6.07) is 0. The molecule has 0 spiro atoms. The fraction of sp³-hybridized carbons (Fsp3) is 0.667. The molecular formula is C9H21N3O. The summed E-state index contributed by atoms with van der Waals surface area (Å²) in [4.78, 5) is 12.4. The zero-order valence-corrected chi connectivity index (χ0v) is 9.05. The maximum atomic E-state index is 10.4. The van der Waals surface area contributed by atoms with E-state index in [0.717, 1.165) is 13.0 Å². The summed E-state index contributed by atoms with van der Waals surface area (Å²) >= 11 is 0. The Morgan fingerprint density at radius 2 is 1.92 bits per heavy atom. The first-order valence-corrected chi connectivity index (χ1v) is 4.30. The molecule has 13 heavy (non-hydrogen) atoms. The number of amides is 1. The molecule has 0 atom stereocenters. The van der Waals surface area contributed by atoms with Crippen molar-refractivity contribution in [3.63, 3.8) is 0 Å². The van der Waals surface area contributed by atoms with Gasteiger partial charge >= 0.3 is 0 Å². The minimum atomic E-state index is -0.191. The van der Waals surface area contributed by atoms with E-state index in [2.05, 4.69) is 17.4 Å². The molecule has 0 saturated heterocycles. The topological polar surface area (TPSA) is 44.4 Å². The van der Waals surface area contributed by atoms with Crippen LogP contribution in [0.4, 0.5) is 0 Å². The van der Waals surface area contributed by atoms with Gasteiger partial charge in [0, 0.05) is 6.54 Å². The number of hydrogen-bond acceptors (Lipinski definition) is 3. The van der Waals surface area contributed by atoms with Gasteiger partial charge in [-0.15, -0.1) is 0 Å². The first-order valence-electron chi connectivity index (χ1n) is 4.30. The number of nitrogens with one attached hydrogen (secondary N) is 2. The van der Waals surface area contributed by atoms with Crippen molar-refractivity contribution in [3.05, 3.63) is 12.7 Å². The highest BCUT2D eigenvalue weighted by Gasteiger charge is 1.87. The normalized spacial score (nSPS) is 8.69. The van der Waals surface area contributed by atoms with Crippen molar-refractivity contribution in [1.82, 2.24) is 15.8 Å². The zero-order valence-electron chi connectivity index (χ0n) is 9.05. The van der Waals surface area contributed by atoms with Crippen LogP contribution in [0.3, 0.4) is 0 Å². The smallest absolute Gasteiger partial charge is 0.257 e. The van der Waals surface area contributed by atoms with E-state index in [-0.39, 0.29) is 5.91 Å². The number of carbonyl (C=O) groups excluding carboxylic acids is 1. The summed E-state index contributed by atoms with van der Waals surface area (Å²) in [5, 5.41) is 0. The molecule has 2 N–H and O–H groups in total. The first kappa shape index (κ1) is 14.6. The zero-order chi connectivity index (χ0) is 10.7. The van der Waals surface area contributed by atoms with Gasteiger partial charge in [0.05, 0.1) is 0 Å². The second kappa shape index (κ2) is 11.1. The molecule has 0 aliphatic rings. The van der Waals surface area contributed by atoms with E-state index in [1.807, 2.05) is 33.0 Å². The molecule has 0 unspecified atom stereocenters. The molecule has 4 nitrogen and oxygen atoms in total. The van der Waals surface area contributed by atoms with Crippen LogP contribution in [0.25, 0.3) is 0 Å². The van der Waals surface area contributed by atoms with Gasteiger partial charge in [0.25, 0.3) is 5.91 Å². The highest BCUT2D eigenvalue weighted by Crippen LogP contribution is 1.66. The van der Waals surface area contributed by atoms with Crippen LogP contribution in [-0.2, 0) is 4.79 Å². The highest BCUT2D eigenvalue weighted by molar-refractivity contribution is 5.86. The fourth-order valence-electron chi connectivity index (χ4n) is 0.326. The van der Waals surface area contributed by atoms with E-state index in [9.17, 15) is 4.79 Å². The molecule has 0 fully saturated rings. The lowest BCUT2D eigenvalue weighted by Gasteiger charge is -2.00. The summed E-state index contributed by atoms with van der Waals surface area (Å²) in [5.74, 6) is -0.191. The predicted octanol–water partition coefficient (Wildman–Crippen LogP) is 0.381. The number of hydrazine groups is 1. The van der Waals surface area contributed by atoms with E-state index >= 15 is 0 Å². The molecule has 0 aromatic heterocycles. The average molecular weight is 187 g/mol. The second-order valence-electron chi connectivity index (χ2n) is 2.96. The van der Waals surface area contributed by atoms with Gasteiger partial charge < -0.3 is 4.90 Å². The Hall–Kier alpha value is -0.870. The van der Waals surface area contributed by atoms with E-state index in [1.165, 1.54) is 6.08 Å². The first-order chi connectivity index (χ1) is 6.04. The van der Waals surface area contributed by atoms with Crippen molar-refractivity contribution in [2.24, 2.45) is 0 Å². The maximum absolute atomic E-state index is 10.4. The molecule has 0 aromatic carbocycles. The molecule has 78 valence electrons. The van der Waals surface area contributed by atoms with Gasteiger partial charge in [0.1, 0.15) is 0 Å². The standard InChI is InChI=1S/C6H12N2O.C3H9N/c1-3-5-7-8-6(9)4-2;1-4(2)3/h4,7H,2-3,5H2,1H3,(H,8,9);1-3H3. The van der Waals surface area contributed by atoms with Crippen molar-refractivity contribution in [2.45, 2.75) is 13.3 Å². The van der Waals surface area contributed by atoms with Gasteiger partial charge in [-0.25, -0.2) is 5.43 Å². The number of nitrogens with zero attached hydrogens (tertiary/aromatic N) is 1. The lowest BCUT2D eigenvalue weighted by atomic mass is 10.5. The Balaban J connectivity index is 0. The molecular weight excluding hydrogens is 166 g/mol. The van der Waals surface area contributed by atoms with Crippen LogP contribution in [0, 0.1) is 0 Å². The summed E-state index contributed by atoms with van der Waals surface area (Å²) in [6.45, 7) is 6.10. The van der Waals surface area contributed by atoms with Gasteiger partial charge in [-0.05, 0) is 33.6 Å². The molecule has 0 heterocycles. The van der Waals surface area contributed by atoms with Crippen molar-refractivity contribution in [2.75, 3.05) is 27.7 Å². The molecule has 0 aromatic rings. The SMILES string of the molecule is C=CC(=O)NNCCC.CN(C)C. The van der Waals surface area contributed by atoms with Gasteiger partial charge in [0.15, 0.2) is 0 Å². The van der Waals surface area contributed by atoms with Crippen molar-refractivity contribution < 1.29 is 4.79 Å². The van der Waals surface area contributed by atoms with Gasteiger partial charge in [-0.3, -0.25) is 10.2 Å². The molecule has 0 aliphatic heterocycles. The third-order valence-electron chi connectivity index (χ3n) is 0.772. The van der Waals surface area contributed by atoms with Crippen LogP contribution < -0.4 is 10.9 Å². The van der Waals surface area contributed by atoms with Crippen molar-refractivity contribution in [3.8, 4) is 0 Å². The Morgan fingerprint density at radius 3 is 2.23 bits per heavy atom. The minimum absolute atomic E-state index is 0.191. The maximum Gasteiger partial charge on any atom is 0.257 e. The quantitative estimate of drug-likeness (QED) is 0.380. The molecule has 0 rings (SSSR count). The van der Waals surface area contributed by atoms with E-state index in [0.29, 0.717) is 0 Å². The molecule has 0 aliphatic carbocycles. The van der Waals surface area contributed by atoms with Crippen LogP contribution in [0.15, 0.2) is 12.7 Å². The van der Waals surface area contributed by atoms with E-state index < -0.39 is 0 Å². The Bertz CT molecular complexity index is 132. The Morgan fingerprint density at radius 1 is 1.46 bits per heavy atom. The molecule has 0 bridgehead atoms. The number of hydrogen-bond donors (Lipinski definition) is 2. The van der Waals surface area contributed by atoms with Crippen LogP contribution >= 0.6 is 0 Å². The monoisotopic (exact) mass is 187 g/mol. The highest BCUT2D eigenvalue weighted by atomic mass is 16.2. The van der Waals surface area contributed by atoms with E-state index in [4.69, 9.17) is 0 Å². The van der Waals surface area contributed by atoms with Gasteiger partial charge in [-0.1, -0.05) is 13.5 Å². The molecule has 4 heteroatoms. The largest absolute Gasteiger partial charge is 0.312 e. The third kappa shape index (κ3) is 24.7. The molecule has 0 saturated carbocycles. The predicted molar refractivity (Wildman–Crippen MR) is 56.2 cm³/mol. The van der Waals surface area contributed by atoms with Gasteiger partial charge in [0.2, 0.25) is 0 Å². The molecule has 0 radical (unpaired) electrons. The number of carbonyl (C=O) groups is 1. The lowest BCUT2D eigenvalue weighted by Crippen LogP contribution is -2.36. The Labute approximate surface area is 81.0 Å². The third-order valence-corrected chi connectivity index (χ3v) is 0.772. The summed E-state index contributed by atoms with van der Waals surface area (Å²) < 4.78 is 0.